The molecule has 2 aliphatic rings. The van der Waals surface area contributed by atoms with Gasteiger partial charge >= 0.3 is 12.3 Å². The van der Waals surface area contributed by atoms with Crippen molar-refractivity contribution in [3.05, 3.63) is 40.1 Å². The predicted molar refractivity (Wildman–Crippen MR) is 113 cm³/mol. The van der Waals surface area contributed by atoms with Gasteiger partial charge in [0.2, 0.25) is 0 Å². The minimum Gasteiger partial charge on any atom is -0.411 e. The summed E-state index contributed by atoms with van der Waals surface area (Å²) in [4.78, 5) is 26.9. The molecule has 0 saturated heterocycles. The highest BCUT2D eigenvalue weighted by atomic mass is 19.4. The molecule has 6 nitrogen and oxygen atoms in total. The Kier molecular flexibility index (Phi) is 6.60. The molecule has 0 unspecified atom stereocenters. The van der Waals surface area contributed by atoms with Crippen molar-refractivity contribution in [1.29, 1.82) is 0 Å². The number of amides is 2. The van der Waals surface area contributed by atoms with Crippen LogP contribution in [-0.2, 0) is 14.3 Å². The number of ether oxygens (including phenoxy) is 2. The van der Waals surface area contributed by atoms with Crippen molar-refractivity contribution in [3.8, 4) is 0 Å². The molecule has 1 N–H and O–H groups in total. The van der Waals surface area contributed by atoms with Crippen molar-refractivity contribution in [2.45, 2.75) is 64.3 Å². The number of nitrogens with one attached hydrogen (secondary N) is 1. The van der Waals surface area contributed by atoms with Crippen LogP contribution in [-0.4, -0.2) is 55.4 Å². The lowest BCUT2D eigenvalue weighted by Gasteiger charge is -2.38. The van der Waals surface area contributed by atoms with Gasteiger partial charge in [-0.05, 0) is 63.1 Å². The van der Waals surface area contributed by atoms with E-state index in [-0.39, 0.29) is 11.7 Å². The van der Waals surface area contributed by atoms with Crippen molar-refractivity contribution in [1.82, 2.24) is 10.2 Å². The molecule has 0 radical (unpaired) electrons. The summed E-state index contributed by atoms with van der Waals surface area (Å²) in [5, 5.41) is 2.99. The molecule has 2 amide bonds. The van der Waals surface area contributed by atoms with Crippen LogP contribution < -0.4 is 5.32 Å². The molecule has 176 valence electrons. The molecule has 0 aromatic heterocycles. The average Bonchev–Trinajstić information content (AvgIpc) is 2.91. The highest BCUT2D eigenvalue weighted by Gasteiger charge is 2.50. The number of carbonyl (C=O) groups excluding carboxylic acids is 2. The summed E-state index contributed by atoms with van der Waals surface area (Å²) in [5.74, 6) is -0.109. The molecule has 1 aliphatic carbocycles. The van der Waals surface area contributed by atoms with Crippen LogP contribution in [0.25, 0.3) is 5.57 Å². The summed E-state index contributed by atoms with van der Waals surface area (Å²) in [7, 11) is 3.09. The summed E-state index contributed by atoms with van der Waals surface area (Å²) in [6.07, 6.45) is -4.36. The van der Waals surface area contributed by atoms with Crippen LogP contribution in [0, 0.1) is 20.8 Å². The molecule has 32 heavy (non-hydrogen) atoms. The van der Waals surface area contributed by atoms with Crippen molar-refractivity contribution in [2.75, 3.05) is 20.7 Å². The van der Waals surface area contributed by atoms with Crippen molar-refractivity contribution >= 4 is 17.6 Å². The zero-order valence-electron chi connectivity index (χ0n) is 19.0. The molecule has 9 heteroatoms. The van der Waals surface area contributed by atoms with Crippen molar-refractivity contribution < 1.29 is 32.2 Å². The zero-order valence-corrected chi connectivity index (χ0v) is 19.0. The number of carbonyl (C=O) groups is 2. The van der Waals surface area contributed by atoms with Gasteiger partial charge < -0.3 is 19.7 Å². The van der Waals surface area contributed by atoms with Gasteiger partial charge in [-0.15, -0.1) is 0 Å². The lowest BCUT2D eigenvalue weighted by Crippen LogP contribution is -2.49. The molecular formula is C23H29F3N2O4. The van der Waals surface area contributed by atoms with Gasteiger partial charge in [0, 0.05) is 14.1 Å². The van der Waals surface area contributed by atoms with E-state index >= 15 is 0 Å². The van der Waals surface area contributed by atoms with E-state index in [4.69, 9.17) is 9.47 Å². The Morgan fingerprint density at radius 2 is 1.72 bits per heavy atom. The van der Waals surface area contributed by atoms with E-state index in [1.807, 2.05) is 32.9 Å². The Morgan fingerprint density at radius 3 is 2.22 bits per heavy atom. The third-order valence-corrected chi connectivity index (χ3v) is 5.99. The number of hydrogen-bond acceptors (Lipinski definition) is 4. The molecule has 3 rings (SSSR count). The molecule has 0 atom stereocenters. The summed E-state index contributed by atoms with van der Waals surface area (Å²) >= 11 is 0. The van der Waals surface area contributed by atoms with E-state index in [1.54, 1.807) is 14.1 Å². The van der Waals surface area contributed by atoms with E-state index < -0.39 is 30.5 Å². The Balaban J connectivity index is 1.99. The maximum Gasteiger partial charge on any atom is 0.414 e. The van der Waals surface area contributed by atoms with E-state index in [9.17, 15) is 22.8 Å². The van der Waals surface area contributed by atoms with Gasteiger partial charge in [-0.25, -0.2) is 4.79 Å². The third-order valence-electron chi connectivity index (χ3n) is 5.99. The zero-order chi connectivity index (χ0) is 23.8. The number of alkyl halides is 3. The van der Waals surface area contributed by atoms with E-state index in [2.05, 4.69) is 5.32 Å². The van der Waals surface area contributed by atoms with Gasteiger partial charge in [0.1, 0.15) is 12.4 Å². The summed E-state index contributed by atoms with van der Waals surface area (Å²) in [5.41, 5.74) is 2.87. The number of nitrogens with zero attached hydrogens (tertiary/aromatic N) is 1. The first-order chi connectivity index (χ1) is 14.8. The molecule has 1 aliphatic heterocycles. The Morgan fingerprint density at radius 1 is 1.16 bits per heavy atom. The quantitative estimate of drug-likeness (QED) is 0.732. The molecule has 0 bridgehead atoms. The monoisotopic (exact) mass is 454 g/mol. The van der Waals surface area contributed by atoms with Crippen molar-refractivity contribution in [3.63, 3.8) is 0 Å². The SMILES string of the molecule is Cc1cc(C)c(C2=C(OC(=O)N(C)C)C3(CCC(OCC(F)(F)F)CC3)NC2=O)c(C)c1. The maximum atomic E-state index is 13.2. The fourth-order valence-corrected chi connectivity index (χ4v) is 4.62. The molecule has 1 heterocycles. The minimum atomic E-state index is -4.39. The summed E-state index contributed by atoms with van der Waals surface area (Å²) < 4.78 is 48.4. The largest absolute Gasteiger partial charge is 0.414 e. The first kappa shape index (κ1) is 24.1. The van der Waals surface area contributed by atoms with Crippen LogP contribution in [0.5, 0.6) is 0 Å². The molecule has 1 aromatic carbocycles. The first-order valence-corrected chi connectivity index (χ1v) is 10.6. The standard InChI is InChI=1S/C23H29F3N2O4/c1-13-10-14(2)17(15(3)11-13)18-19(32-21(30)28(4)5)22(27-20(18)29)8-6-16(7-9-22)31-12-23(24,25)26/h10-11,16H,6-9,12H2,1-5H3,(H,27,29). The molecule has 1 spiro atoms. The molecule has 1 saturated carbocycles. The van der Waals surface area contributed by atoms with Gasteiger partial charge in [0.15, 0.2) is 0 Å². The third kappa shape index (κ3) is 4.92. The van der Waals surface area contributed by atoms with Crippen LogP contribution in [0.3, 0.4) is 0 Å². The Bertz CT molecular complexity index is 922. The van der Waals surface area contributed by atoms with E-state index in [0.717, 1.165) is 16.7 Å². The average molecular weight is 454 g/mol. The van der Waals surface area contributed by atoms with Crippen LogP contribution in [0.4, 0.5) is 18.0 Å². The van der Waals surface area contributed by atoms with Gasteiger partial charge in [0.25, 0.3) is 5.91 Å². The predicted octanol–water partition coefficient (Wildman–Crippen LogP) is 4.41. The van der Waals surface area contributed by atoms with Crippen LogP contribution in [0.15, 0.2) is 17.9 Å². The second-order valence-electron chi connectivity index (χ2n) is 8.90. The van der Waals surface area contributed by atoms with Crippen LogP contribution >= 0.6 is 0 Å². The Hall–Kier alpha value is -2.55. The van der Waals surface area contributed by atoms with Gasteiger partial charge in [0.05, 0.1) is 17.2 Å². The van der Waals surface area contributed by atoms with E-state index in [0.29, 0.717) is 36.8 Å². The van der Waals surface area contributed by atoms with Crippen LogP contribution in [0.1, 0.15) is 47.9 Å². The van der Waals surface area contributed by atoms with Gasteiger partial charge in [-0.2, -0.15) is 13.2 Å². The highest BCUT2D eigenvalue weighted by Crippen LogP contribution is 2.45. The van der Waals surface area contributed by atoms with Gasteiger partial charge in [-0.1, -0.05) is 17.7 Å². The second-order valence-corrected chi connectivity index (χ2v) is 8.90. The number of halogens is 3. The van der Waals surface area contributed by atoms with Crippen LogP contribution in [0.2, 0.25) is 0 Å². The first-order valence-electron chi connectivity index (χ1n) is 10.6. The Labute approximate surface area is 185 Å². The lowest BCUT2D eigenvalue weighted by atomic mass is 9.78. The highest BCUT2D eigenvalue weighted by molar-refractivity contribution is 6.24. The smallest absolute Gasteiger partial charge is 0.411 e. The van der Waals surface area contributed by atoms with Crippen molar-refractivity contribution in [2.24, 2.45) is 0 Å². The normalized spacial score (nSPS) is 23.5. The summed E-state index contributed by atoms with van der Waals surface area (Å²) in [6, 6.07) is 3.92. The number of rotatable bonds is 4. The molecular weight excluding hydrogens is 425 g/mol. The second kappa shape index (κ2) is 8.77. The number of hydrogen-bond donors (Lipinski definition) is 1. The maximum absolute atomic E-state index is 13.2. The minimum absolute atomic E-state index is 0.241. The molecule has 1 fully saturated rings. The van der Waals surface area contributed by atoms with Gasteiger partial charge in [-0.3, -0.25) is 4.79 Å². The number of aryl methyl sites for hydroxylation is 3. The fourth-order valence-electron chi connectivity index (χ4n) is 4.62. The topological polar surface area (TPSA) is 67.9 Å². The fraction of sp³-hybridized carbons (Fsp3) is 0.565. The molecule has 1 aromatic rings. The number of benzene rings is 1. The lowest BCUT2D eigenvalue weighted by molar-refractivity contribution is -0.188. The van der Waals surface area contributed by atoms with E-state index in [1.165, 1.54) is 4.90 Å². The summed E-state index contributed by atoms with van der Waals surface area (Å²) in [6.45, 7) is 4.45.